The van der Waals surface area contributed by atoms with Crippen molar-refractivity contribution in [2.24, 2.45) is 0 Å². The molecule has 1 saturated carbocycles. The first-order valence-electron chi connectivity index (χ1n) is 8.52. The third-order valence-electron chi connectivity index (χ3n) is 4.62. The molecule has 25 heavy (non-hydrogen) atoms. The Morgan fingerprint density at radius 3 is 2.68 bits per heavy atom. The summed E-state index contributed by atoms with van der Waals surface area (Å²) in [6.45, 7) is 0.551. The summed E-state index contributed by atoms with van der Waals surface area (Å²) in [6.07, 6.45) is 5.26. The van der Waals surface area contributed by atoms with E-state index in [-0.39, 0.29) is 17.9 Å². The van der Waals surface area contributed by atoms with Crippen molar-refractivity contribution in [1.29, 1.82) is 0 Å². The SMILES string of the molecule is O=C(N[C@@H]1CCc2ncc(C(=O)NC3CC3)n2C1)c1cccc(Cl)c1. The molecule has 0 saturated heterocycles. The number of amides is 2. The molecule has 2 N–H and O–H groups in total. The van der Waals surface area contributed by atoms with Crippen LogP contribution in [0.5, 0.6) is 0 Å². The fourth-order valence-electron chi connectivity index (χ4n) is 3.12. The van der Waals surface area contributed by atoms with Crippen LogP contribution in [0.2, 0.25) is 5.02 Å². The highest BCUT2D eigenvalue weighted by Gasteiger charge is 2.29. The maximum atomic E-state index is 12.4. The number of aryl methyl sites for hydroxylation is 1. The first kappa shape index (κ1) is 16.1. The molecule has 0 unspecified atom stereocenters. The molecule has 1 aliphatic heterocycles. The molecule has 0 bridgehead atoms. The van der Waals surface area contributed by atoms with Gasteiger partial charge < -0.3 is 15.2 Å². The number of benzene rings is 1. The Hall–Kier alpha value is -2.34. The second-order valence-electron chi connectivity index (χ2n) is 6.64. The minimum Gasteiger partial charge on any atom is -0.348 e. The van der Waals surface area contributed by atoms with E-state index in [1.54, 1.807) is 30.5 Å². The molecule has 1 aliphatic carbocycles. The number of aromatic nitrogens is 2. The number of nitrogens with one attached hydrogen (secondary N) is 2. The summed E-state index contributed by atoms with van der Waals surface area (Å²) in [5.74, 6) is 0.664. The lowest BCUT2D eigenvalue weighted by atomic mass is 10.1. The number of hydrogen-bond acceptors (Lipinski definition) is 3. The van der Waals surface area contributed by atoms with Crippen LogP contribution >= 0.6 is 11.6 Å². The van der Waals surface area contributed by atoms with Crippen LogP contribution in [0.4, 0.5) is 0 Å². The van der Waals surface area contributed by atoms with Crippen LogP contribution in [-0.2, 0) is 13.0 Å². The van der Waals surface area contributed by atoms with Crippen molar-refractivity contribution in [2.45, 2.75) is 44.3 Å². The molecule has 0 spiro atoms. The number of carbonyl (C=O) groups is 2. The molecule has 130 valence electrons. The van der Waals surface area contributed by atoms with Crippen molar-refractivity contribution < 1.29 is 9.59 Å². The van der Waals surface area contributed by atoms with E-state index in [2.05, 4.69) is 15.6 Å². The van der Waals surface area contributed by atoms with Crippen LogP contribution in [0.25, 0.3) is 0 Å². The van der Waals surface area contributed by atoms with Gasteiger partial charge in [0, 0.05) is 35.6 Å². The van der Waals surface area contributed by atoms with Gasteiger partial charge in [0.15, 0.2) is 0 Å². The molecule has 2 amide bonds. The van der Waals surface area contributed by atoms with E-state index < -0.39 is 0 Å². The summed E-state index contributed by atoms with van der Waals surface area (Å²) >= 11 is 5.95. The number of fused-ring (bicyclic) bond motifs is 1. The number of carbonyl (C=O) groups excluding carboxylic acids is 2. The first-order chi connectivity index (χ1) is 12.1. The fourth-order valence-corrected chi connectivity index (χ4v) is 3.31. The van der Waals surface area contributed by atoms with Crippen LogP contribution in [0.15, 0.2) is 30.5 Å². The van der Waals surface area contributed by atoms with Crippen LogP contribution in [0.3, 0.4) is 0 Å². The number of nitrogens with zero attached hydrogens (tertiary/aromatic N) is 2. The summed E-state index contributed by atoms with van der Waals surface area (Å²) in [5, 5.41) is 6.56. The van der Waals surface area contributed by atoms with Crippen LogP contribution in [0.1, 0.15) is 45.9 Å². The number of rotatable bonds is 4. The molecule has 2 aliphatic rings. The molecule has 0 radical (unpaired) electrons. The lowest BCUT2D eigenvalue weighted by Crippen LogP contribution is -2.42. The Morgan fingerprint density at radius 2 is 1.92 bits per heavy atom. The minimum atomic E-state index is -0.153. The Balaban J connectivity index is 1.46. The Bertz CT molecular complexity index is 828. The van der Waals surface area contributed by atoms with Crippen molar-refractivity contribution >= 4 is 23.4 Å². The van der Waals surface area contributed by atoms with Gasteiger partial charge >= 0.3 is 0 Å². The molecule has 1 fully saturated rings. The molecule has 4 rings (SSSR count). The Morgan fingerprint density at radius 1 is 1.12 bits per heavy atom. The van der Waals surface area contributed by atoms with E-state index >= 15 is 0 Å². The van der Waals surface area contributed by atoms with Gasteiger partial charge in [-0.2, -0.15) is 0 Å². The first-order valence-corrected chi connectivity index (χ1v) is 8.89. The monoisotopic (exact) mass is 358 g/mol. The third kappa shape index (κ3) is 3.54. The molecule has 1 aromatic carbocycles. The van der Waals surface area contributed by atoms with Gasteiger partial charge in [-0.3, -0.25) is 9.59 Å². The second kappa shape index (κ2) is 6.52. The largest absolute Gasteiger partial charge is 0.348 e. The molecule has 6 nitrogen and oxygen atoms in total. The molecule has 7 heteroatoms. The van der Waals surface area contributed by atoms with Crippen molar-refractivity contribution in [1.82, 2.24) is 20.2 Å². The van der Waals surface area contributed by atoms with Gasteiger partial charge in [-0.25, -0.2) is 4.98 Å². The molecule has 2 aromatic rings. The van der Waals surface area contributed by atoms with E-state index in [0.717, 1.165) is 31.5 Å². The van der Waals surface area contributed by atoms with Crippen molar-refractivity contribution in [3.63, 3.8) is 0 Å². The predicted molar refractivity (Wildman–Crippen MR) is 93.7 cm³/mol. The lowest BCUT2D eigenvalue weighted by Gasteiger charge is -2.26. The van der Waals surface area contributed by atoms with E-state index in [4.69, 9.17) is 11.6 Å². The maximum Gasteiger partial charge on any atom is 0.269 e. The zero-order chi connectivity index (χ0) is 17.4. The second-order valence-corrected chi connectivity index (χ2v) is 7.07. The summed E-state index contributed by atoms with van der Waals surface area (Å²) in [4.78, 5) is 29.1. The Kier molecular flexibility index (Phi) is 4.21. The van der Waals surface area contributed by atoms with Gasteiger partial charge in [-0.1, -0.05) is 17.7 Å². The Labute approximate surface area is 150 Å². The maximum absolute atomic E-state index is 12.4. The van der Waals surface area contributed by atoms with Gasteiger partial charge in [0.2, 0.25) is 0 Å². The van der Waals surface area contributed by atoms with Crippen LogP contribution in [0, 0.1) is 0 Å². The number of hydrogen-bond donors (Lipinski definition) is 2. The van der Waals surface area contributed by atoms with Crippen molar-refractivity contribution in [3.8, 4) is 0 Å². The topological polar surface area (TPSA) is 76.0 Å². The van der Waals surface area contributed by atoms with Gasteiger partial charge in [0.05, 0.1) is 6.20 Å². The van der Waals surface area contributed by atoms with E-state index in [9.17, 15) is 9.59 Å². The van der Waals surface area contributed by atoms with E-state index in [1.807, 2.05) is 4.57 Å². The zero-order valence-corrected chi connectivity index (χ0v) is 14.4. The predicted octanol–water partition coefficient (Wildman–Crippen LogP) is 2.17. The van der Waals surface area contributed by atoms with Crippen LogP contribution < -0.4 is 10.6 Å². The molecule has 2 heterocycles. The molecular weight excluding hydrogens is 340 g/mol. The van der Waals surface area contributed by atoms with Crippen LogP contribution in [-0.4, -0.2) is 33.4 Å². The van der Waals surface area contributed by atoms with Gasteiger partial charge in [0.25, 0.3) is 11.8 Å². The molecular formula is C18H19ClN4O2. The van der Waals surface area contributed by atoms with E-state index in [1.165, 1.54) is 0 Å². The summed E-state index contributed by atoms with van der Waals surface area (Å²) in [6, 6.07) is 7.15. The van der Waals surface area contributed by atoms with Gasteiger partial charge in [0.1, 0.15) is 11.5 Å². The fraction of sp³-hybridized carbons (Fsp3) is 0.389. The summed E-state index contributed by atoms with van der Waals surface area (Å²) < 4.78 is 1.92. The van der Waals surface area contributed by atoms with Gasteiger partial charge in [-0.05, 0) is 37.5 Å². The normalized spacial score (nSPS) is 19.2. The average molecular weight is 359 g/mol. The number of halogens is 1. The number of imidazole rings is 1. The summed E-state index contributed by atoms with van der Waals surface area (Å²) in [5.41, 5.74) is 1.11. The highest BCUT2D eigenvalue weighted by molar-refractivity contribution is 6.30. The van der Waals surface area contributed by atoms with Crippen molar-refractivity contribution in [3.05, 3.63) is 52.6 Å². The van der Waals surface area contributed by atoms with Crippen molar-refractivity contribution in [2.75, 3.05) is 0 Å². The standard InChI is InChI=1S/C18H19ClN4O2/c19-12-3-1-2-11(8-12)17(24)22-14-6-7-16-20-9-15(23(16)10-14)18(25)21-13-4-5-13/h1-3,8-9,13-14H,4-7,10H2,(H,21,25)(H,22,24)/t14-/m1/s1. The quantitative estimate of drug-likeness (QED) is 0.879. The zero-order valence-electron chi connectivity index (χ0n) is 13.7. The highest BCUT2D eigenvalue weighted by Crippen LogP contribution is 2.21. The third-order valence-corrected chi connectivity index (χ3v) is 4.86. The summed E-state index contributed by atoms with van der Waals surface area (Å²) in [7, 11) is 0. The highest BCUT2D eigenvalue weighted by atomic mass is 35.5. The van der Waals surface area contributed by atoms with Gasteiger partial charge in [-0.15, -0.1) is 0 Å². The molecule has 1 aromatic heterocycles. The smallest absolute Gasteiger partial charge is 0.269 e. The minimum absolute atomic E-state index is 0.0411. The molecule has 1 atom stereocenters. The average Bonchev–Trinajstić information content (AvgIpc) is 3.31. The van der Waals surface area contributed by atoms with E-state index in [0.29, 0.717) is 28.9 Å². The lowest BCUT2D eigenvalue weighted by molar-refractivity contribution is 0.0925.